The van der Waals surface area contributed by atoms with Crippen LogP contribution in [-0.2, 0) is 9.59 Å². The van der Waals surface area contributed by atoms with E-state index in [0.29, 0.717) is 10.7 Å². The van der Waals surface area contributed by atoms with Gasteiger partial charge in [-0.2, -0.15) is 5.10 Å². The maximum atomic E-state index is 11.8. The molecule has 0 aliphatic rings. The van der Waals surface area contributed by atoms with Crippen LogP contribution < -0.4 is 10.7 Å². The summed E-state index contributed by atoms with van der Waals surface area (Å²) in [5.74, 6) is -0.507. The van der Waals surface area contributed by atoms with E-state index in [-0.39, 0.29) is 24.7 Å². The molecule has 0 radical (unpaired) electrons. The van der Waals surface area contributed by atoms with Crippen molar-refractivity contribution in [3.05, 3.63) is 28.8 Å². The van der Waals surface area contributed by atoms with Crippen molar-refractivity contribution >= 4 is 34.8 Å². The summed E-state index contributed by atoms with van der Waals surface area (Å²) in [6, 6.07) is 5.29. The Kier molecular flexibility index (Phi) is 6.88. The van der Waals surface area contributed by atoms with Gasteiger partial charge in [0.2, 0.25) is 11.8 Å². The summed E-state index contributed by atoms with van der Waals surface area (Å²) in [6.45, 7) is 5.60. The molecule has 0 unspecified atom stereocenters. The minimum absolute atomic E-state index is 0.0892. The number of nitrogens with one attached hydrogen (secondary N) is 2. The summed E-state index contributed by atoms with van der Waals surface area (Å²) in [5, 5.41) is 7.23. The molecule has 0 saturated heterocycles. The van der Waals surface area contributed by atoms with E-state index >= 15 is 0 Å². The summed E-state index contributed by atoms with van der Waals surface area (Å²) in [5.41, 5.74) is 4.72. The predicted molar refractivity (Wildman–Crippen MR) is 85.6 cm³/mol. The average molecular weight is 310 g/mol. The third-order valence-electron chi connectivity index (χ3n) is 3.00. The zero-order valence-electron chi connectivity index (χ0n) is 12.5. The first kappa shape index (κ1) is 17.2. The molecule has 5 nitrogen and oxygen atoms in total. The molecule has 1 rings (SSSR count). The maximum absolute atomic E-state index is 11.8. The summed E-state index contributed by atoms with van der Waals surface area (Å²) in [7, 11) is 0. The Hall–Kier alpha value is -1.88. The molecule has 0 saturated carbocycles. The lowest BCUT2D eigenvalue weighted by Crippen LogP contribution is -2.21. The molecule has 2 amide bonds. The van der Waals surface area contributed by atoms with E-state index in [9.17, 15) is 9.59 Å². The minimum atomic E-state index is -0.277. The molecule has 0 aliphatic carbocycles. The van der Waals surface area contributed by atoms with Crippen LogP contribution in [0.5, 0.6) is 0 Å². The van der Waals surface area contributed by atoms with Gasteiger partial charge in [-0.1, -0.05) is 24.6 Å². The standard InChI is InChI=1S/C15H20ClN3O2/c1-4-10(2)18-19-15(21)9-8-14(20)17-13-7-5-6-12(16)11(13)3/h5-7H,4,8-9H2,1-3H3,(H,17,20)(H,19,21). The topological polar surface area (TPSA) is 70.6 Å². The van der Waals surface area contributed by atoms with Crippen LogP contribution in [0.15, 0.2) is 23.3 Å². The highest BCUT2D eigenvalue weighted by Gasteiger charge is 2.09. The van der Waals surface area contributed by atoms with Crippen molar-refractivity contribution in [3.63, 3.8) is 0 Å². The van der Waals surface area contributed by atoms with Crippen LogP contribution >= 0.6 is 11.6 Å². The lowest BCUT2D eigenvalue weighted by atomic mass is 10.2. The number of amides is 2. The Labute approximate surface area is 129 Å². The highest BCUT2D eigenvalue weighted by atomic mass is 35.5. The number of hydrogen-bond acceptors (Lipinski definition) is 3. The molecular weight excluding hydrogens is 290 g/mol. The van der Waals surface area contributed by atoms with Gasteiger partial charge in [0, 0.05) is 29.3 Å². The highest BCUT2D eigenvalue weighted by Crippen LogP contribution is 2.22. The number of carbonyl (C=O) groups is 2. The number of halogens is 1. The second kappa shape index (κ2) is 8.42. The molecule has 0 atom stereocenters. The van der Waals surface area contributed by atoms with Gasteiger partial charge >= 0.3 is 0 Å². The van der Waals surface area contributed by atoms with Crippen LogP contribution in [0.1, 0.15) is 38.7 Å². The van der Waals surface area contributed by atoms with Crippen molar-refractivity contribution in [1.29, 1.82) is 0 Å². The zero-order valence-corrected chi connectivity index (χ0v) is 13.3. The van der Waals surface area contributed by atoms with Crippen molar-refractivity contribution < 1.29 is 9.59 Å². The number of hydrogen-bond donors (Lipinski definition) is 2. The molecule has 2 N–H and O–H groups in total. The third kappa shape index (κ3) is 5.95. The summed E-state index contributed by atoms with van der Waals surface area (Å²) >= 11 is 5.98. The van der Waals surface area contributed by atoms with Gasteiger partial charge in [-0.05, 0) is 38.0 Å². The molecule has 0 bridgehead atoms. The minimum Gasteiger partial charge on any atom is -0.326 e. The fourth-order valence-corrected chi connectivity index (χ4v) is 1.65. The van der Waals surface area contributed by atoms with Crippen molar-refractivity contribution in [2.75, 3.05) is 5.32 Å². The molecule has 0 fully saturated rings. The number of hydrazone groups is 1. The van der Waals surface area contributed by atoms with E-state index in [1.165, 1.54) is 0 Å². The third-order valence-corrected chi connectivity index (χ3v) is 3.41. The Morgan fingerprint density at radius 2 is 1.90 bits per heavy atom. The smallest absolute Gasteiger partial charge is 0.240 e. The number of nitrogens with zero attached hydrogens (tertiary/aromatic N) is 1. The average Bonchev–Trinajstić information content (AvgIpc) is 2.47. The number of anilines is 1. The van der Waals surface area contributed by atoms with Crippen LogP contribution in [0, 0.1) is 6.92 Å². The molecule has 0 aliphatic heterocycles. The highest BCUT2D eigenvalue weighted by molar-refractivity contribution is 6.31. The predicted octanol–water partition coefficient (Wildman–Crippen LogP) is 3.27. The molecule has 1 aromatic carbocycles. The molecule has 0 spiro atoms. The van der Waals surface area contributed by atoms with Gasteiger partial charge in [0.25, 0.3) is 0 Å². The van der Waals surface area contributed by atoms with Crippen LogP contribution in [0.2, 0.25) is 5.02 Å². The van der Waals surface area contributed by atoms with E-state index in [1.54, 1.807) is 18.2 Å². The van der Waals surface area contributed by atoms with Crippen molar-refractivity contribution in [3.8, 4) is 0 Å². The maximum Gasteiger partial charge on any atom is 0.240 e. The first-order chi connectivity index (χ1) is 9.93. The Morgan fingerprint density at radius 3 is 2.57 bits per heavy atom. The largest absolute Gasteiger partial charge is 0.326 e. The molecular formula is C15H20ClN3O2. The van der Waals surface area contributed by atoms with Crippen LogP contribution in [0.4, 0.5) is 5.69 Å². The lowest BCUT2D eigenvalue weighted by Gasteiger charge is -2.09. The van der Waals surface area contributed by atoms with Gasteiger partial charge in [-0.3, -0.25) is 9.59 Å². The zero-order chi connectivity index (χ0) is 15.8. The number of carbonyl (C=O) groups excluding carboxylic acids is 2. The first-order valence-corrected chi connectivity index (χ1v) is 7.18. The first-order valence-electron chi connectivity index (χ1n) is 6.81. The van der Waals surface area contributed by atoms with Crippen LogP contribution in [-0.4, -0.2) is 17.5 Å². The molecule has 0 aromatic heterocycles. The van der Waals surface area contributed by atoms with Gasteiger partial charge in [0.15, 0.2) is 0 Å². The van der Waals surface area contributed by atoms with E-state index in [4.69, 9.17) is 11.6 Å². The molecule has 21 heavy (non-hydrogen) atoms. The fourth-order valence-electron chi connectivity index (χ4n) is 1.48. The van der Waals surface area contributed by atoms with Gasteiger partial charge in [-0.15, -0.1) is 0 Å². The Bertz CT molecular complexity index is 556. The summed E-state index contributed by atoms with van der Waals surface area (Å²) in [4.78, 5) is 23.3. The van der Waals surface area contributed by atoms with Crippen molar-refractivity contribution in [2.24, 2.45) is 5.10 Å². The SMILES string of the molecule is CCC(C)=NNC(=O)CCC(=O)Nc1cccc(Cl)c1C. The van der Waals surface area contributed by atoms with Crippen molar-refractivity contribution in [2.45, 2.75) is 40.0 Å². The lowest BCUT2D eigenvalue weighted by molar-refractivity contribution is -0.124. The molecule has 1 aromatic rings. The van der Waals surface area contributed by atoms with Crippen LogP contribution in [0.25, 0.3) is 0 Å². The number of benzene rings is 1. The van der Waals surface area contributed by atoms with Crippen LogP contribution in [0.3, 0.4) is 0 Å². The summed E-state index contributed by atoms with van der Waals surface area (Å²) < 4.78 is 0. The van der Waals surface area contributed by atoms with Gasteiger partial charge in [0.05, 0.1) is 0 Å². The van der Waals surface area contributed by atoms with Crippen molar-refractivity contribution in [1.82, 2.24) is 5.43 Å². The van der Waals surface area contributed by atoms with E-state index in [2.05, 4.69) is 15.8 Å². The molecule has 114 valence electrons. The normalized spacial score (nSPS) is 11.1. The Morgan fingerprint density at radius 1 is 1.24 bits per heavy atom. The summed E-state index contributed by atoms with van der Waals surface area (Å²) in [6.07, 6.45) is 0.958. The van der Waals surface area contributed by atoms with Gasteiger partial charge in [0.1, 0.15) is 0 Å². The quantitative estimate of drug-likeness (QED) is 0.625. The second-order valence-electron chi connectivity index (χ2n) is 4.70. The van der Waals surface area contributed by atoms with E-state index in [1.807, 2.05) is 20.8 Å². The van der Waals surface area contributed by atoms with Gasteiger partial charge < -0.3 is 5.32 Å². The second-order valence-corrected chi connectivity index (χ2v) is 5.10. The fraction of sp³-hybridized carbons (Fsp3) is 0.400. The molecule has 0 heterocycles. The number of rotatable bonds is 6. The van der Waals surface area contributed by atoms with Gasteiger partial charge in [-0.25, -0.2) is 5.43 Å². The van der Waals surface area contributed by atoms with E-state index < -0.39 is 0 Å². The monoisotopic (exact) mass is 309 g/mol. The molecule has 6 heteroatoms. The Balaban J connectivity index is 2.44. The van der Waals surface area contributed by atoms with E-state index in [0.717, 1.165) is 17.7 Å².